The molecule has 1 aliphatic heterocycles. The first-order valence-corrected chi connectivity index (χ1v) is 10.9. The Bertz CT molecular complexity index is 1330. The lowest BCUT2D eigenvalue weighted by molar-refractivity contribution is 0.343. The first-order valence-electron chi connectivity index (χ1n) is 10.1. The van der Waals surface area contributed by atoms with Gasteiger partial charge in [0, 0.05) is 33.3 Å². The smallest absolute Gasteiger partial charge is 0.200 e. The van der Waals surface area contributed by atoms with Crippen LogP contribution in [0.5, 0.6) is 0 Å². The van der Waals surface area contributed by atoms with E-state index >= 15 is 0 Å². The van der Waals surface area contributed by atoms with Crippen molar-refractivity contribution in [2.24, 2.45) is 0 Å². The van der Waals surface area contributed by atoms with Gasteiger partial charge in [-0.1, -0.05) is 36.0 Å². The molecule has 0 spiro atoms. The van der Waals surface area contributed by atoms with Crippen molar-refractivity contribution in [3.8, 4) is 17.2 Å². The highest BCUT2D eigenvalue weighted by Crippen LogP contribution is 2.39. The molecular weight excluding hydrogens is 406 g/mol. The van der Waals surface area contributed by atoms with Gasteiger partial charge >= 0.3 is 0 Å². The van der Waals surface area contributed by atoms with E-state index in [2.05, 4.69) is 43.4 Å². The minimum Gasteiger partial charge on any atom is -0.317 e. The SMILES string of the molecule is [C-]#[N+]c1ccccc1Sc1cc(-c2cnn(C3CCNCC3)c2)cn2ncc(C#N)c12. The summed E-state index contributed by atoms with van der Waals surface area (Å²) < 4.78 is 3.81. The molecule has 0 bridgehead atoms. The van der Waals surface area contributed by atoms with Crippen molar-refractivity contribution in [3.63, 3.8) is 0 Å². The van der Waals surface area contributed by atoms with Crippen molar-refractivity contribution in [2.45, 2.75) is 28.7 Å². The second-order valence-corrected chi connectivity index (χ2v) is 8.51. The third kappa shape index (κ3) is 3.68. The summed E-state index contributed by atoms with van der Waals surface area (Å²) in [6.07, 6.45) is 9.64. The van der Waals surface area contributed by atoms with Crippen LogP contribution >= 0.6 is 11.8 Å². The predicted molar refractivity (Wildman–Crippen MR) is 119 cm³/mol. The molecule has 0 amide bonds. The fraction of sp³-hybridized carbons (Fsp3) is 0.217. The number of piperidine rings is 1. The van der Waals surface area contributed by atoms with Gasteiger partial charge in [0.1, 0.15) is 6.07 Å². The van der Waals surface area contributed by atoms with Gasteiger partial charge in [0.25, 0.3) is 0 Å². The fourth-order valence-electron chi connectivity index (χ4n) is 3.91. The van der Waals surface area contributed by atoms with Crippen molar-refractivity contribution in [1.82, 2.24) is 24.7 Å². The number of para-hydroxylation sites is 1. The van der Waals surface area contributed by atoms with Crippen LogP contribution in [0.4, 0.5) is 5.69 Å². The highest BCUT2D eigenvalue weighted by atomic mass is 32.2. The lowest BCUT2D eigenvalue weighted by atomic mass is 10.1. The monoisotopic (exact) mass is 425 g/mol. The topological polar surface area (TPSA) is 75.3 Å². The summed E-state index contributed by atoms with van der Waals surface area (Å²) in [5.41, 5.74) is 3.84. The molecule has 31 heavy (non-hydrogen) atoms. The zero-order valence-electron chi connectivity index (χ0n) is 16.7. The minimum absolute atomic E-state index is 0.410. The molecule has 1 fully saturated rings. The molecule has 5 rings (SSSR count). The van der Waals surface area contributed by atoms with Crippen LogP contribution in [0.2, 0.25) is 0 Å². The fourth-order valence-corrected chi connectivity index (χ4v) is 5.00. The van der Waals surface area contributed by atoms with E-state index in [1.54, 1.807) is 16.8 Å². The molecule has 0 unspecified atom stereocenters. The predicted octanol–water partition coefficient (Wildman–Crippen LogP) is 4.70. The van der Waals surface area contributed by atoms with Gasteiger partial charge in [-0.15, -0.1) is 0 Å². The van der Waals surface area contributed by atoms with Crippen LogP contribution in [0.15, 0.2) is 64.9 Å². The Kier molecular flexibility index (Phi) is 5.17. The van der Waals surface area contributed by atoms with Gasteiger partial charge < -0.3 is 5.32 Å². The highest BCUT2D eigenvalue weighted by Gasteiger charge is 2.18. The standard InChI is InChI=1S/C23H19N7S/c1-25-20-4-2-3-5-21(20)31-22-10-16(14-30-23(22)17(11-24)12-28-30)18-13-27-29(15-18)19-6-8-26-9-7-19/h2-5,10,12-15,19,26H,6-9H2. The zero-order valence-corrected chi connectivity index (χ0v) is 17.5. The molecule has 4 heterocycles. The number of rotatable bonds is 4. The first-order chi connectivity index (χ1) is 15.3. The van der Waals surface area contributed by atoms with Crippen molar-refractivity contribution in [3.05, 3.63) is 72.1 Å². The van der Waals surface area contributed by atoms with E-state index in [0.29, 0.717) is 17.3 Å². The molecule has 0 aliphatic carbocycles. The molecule has 0 atom stereocenters. The van der Waals surface area contributed by atoms with Gasteiger partial charge in [-0.05, 0) is 32.0 Å². The van der Waals surface area contributed by atoms with Crippen LogP contribution in [-0.2, 0) is 0 Å². The lowest BCUT2D eigenvalue weighted by Gasteiger charge is -2.22. The third-order valence-electron chi connectivity index (χ3n) is 5.52. The van der Waals surface area contributed by atoms with Crippen molar-refractivity contribution < 1.29 is 0 Å². The van der Waals surface area contributed by atoms with Gasteiger partial charge in [-0.2, -0.15) is 15.5 Å². The maximum atomic E-state index is 9.57. The number of aromatic nitrogens is 4. The van der Waals surface area contributed by atoms with E-state index in [1.807, 2.05) is 30.6 Å². The van der Waals surface area contributed by atoms with Crippen LogP contribution in [0.1, 0.15) is 24.4 Å². The summed E-state index contributed by atoms with van der Waals surface area (Å²) in [5.74, 6) is 0. The molecule has 152 valence electrons. The van der Waals surface area contributed by atoms with E-state index in [1.165, 1.54) is 11.8 Å². The Hall–Kier alpha value is -3.59. The molecule has 7 nitrogen and oxygen atoms in total. The van der Waals surface area contributed by atoms with Crippen LogP contribution < -0.4 is 5.32 Å². The second kappa shape index (κ2) is 8.27. The van der Waals surface area contributed by atoms with Gasteiger partial charge in [-0.3, -0.25) is 4.68 Å². The van der Waals surface area contributed by atoms with Gasteiger partial charge in [0.05, 0.1) is 36.1 Å². The molecule has 0 radical (unpaired) electrons. The Labute approximate surface area is 184 Å². The molecule has 1 aromatic carbocycles. The summed E-state index contributed by atoms with van der Waals surface area (Å²) in [5, 5.41) is 22.0. The Morgan fingerprint density at radius 3 is 2.74 bits per heavy atom. The van der Waals surface area contributed by atoms with Crippen LogP contribution in [0.25, 0.3) is 21.5 Å². The number of nitrogens with zero attached hydrogens (tertiary/aromatic N) is 6. The number of pyridine rings is 1. The Balaban J connectivity index is 1.59. The van der Waals surface area contributed by atoms with Crippen molar-refractivity contribution in [2.75, 3.05) is 13.1 Å². The van der Waals surface area contributed by atoms with E-state index in [-0.39, 0.29) is 0 Å². The molecule has 0 saturated carbocycles. The molecule has 3 aromatic heterocycles. The summed E-state index contributed by atoms with van der Waals surface area (Å²) in [6, 6.07) is 12.2. The zero-order chi connectivity index (χ0) is 21.2. The maximum Gasteiger partial charge on any atom is 0.200 e. The molecule has 1 saturated heterocycles. The van der Waals surface area contributed by atoms with E-state index < -0.39 is 0 Å². The maximum absolute atomic E-state index is 9.57. The average Bonchev–Trinajstić information content (AvgIpc) is 3.47. The van der Waals surface area contributed by atoms with E-state index in [9.17, 15) is 5.26 Å². The molecule has 1 N–H and O–H groups in total. The number of hydrogen-bond donors (Lipinski definition) is 1. The van der Waals surface area contributed by atoms with E-state index in [4.69, 9.17) is 6.57 Å². The van der Waals surface area contributed by atoms with Gasteiger partial charge in [0.15, 0.2) is 0 Å². The van der Waals surface area contributed by atoms with Crippen molar-refractivity contribution >= 4 is 23.0 Å². The summed E-state index contributed by atoms with van der Waals surface area (Å²) >= 11 is 1.48. The average molecular weight is 426 g/mol. The quantitative estimate of drug-likeness (QED) is 0.480. The van der Waals surface area contributed by atoms with Crippen LogP contribution in [-0.4, -0.2) is 32.5 Å². The highest BCUT2D eigenvalue weighted by molar-refractivity contribution is 7.99. The molecule has 8 heteroatoms. The number of nitriles is 1. The molecular formula is C23H19N7S. The van der Waals surface area contributed by atoms with Gasteiger partial charge in [0.2, 0.25) is 5.69 Å². The number of hydrogen-bond acceptors (Lipinski definition) is 5. The molecule has 4 aromatic rings. The second-order valence-electron chi connectivity index (χ2n) is 7.43. The number of benzene rings is 1. The third-order valence-corrected chi connectivity index (χ3v) is 6.62. The number of nitrogens with one attached hydrogen (secondary N) is 1. The Morgan fingerprint density at radius 2 is 1.94 bits per heavy atom. The largest absolute Gasteiger partial charge is 0.317 e. The lowest BCUT2D eigenvalue weighted by Crippen LogP contribution is -2.29. The van der Waals surface area contributed by atoms with Gasteiger partial charge in [-0.25, -0.2) is 9.36 Å². The molecule has 1 aliphatic rings. The van der Waals surface area contributed by atoms with E-state index in [0.717, 1.165) is 52.4 Å². The summed E-state index contributed by atoms with van der Waals surface area (Å²) in [6.45, 7) is 9.49. The Morgan fingerprint density at radius 1 is 1.10 bits per heavy atom. The minimum atomic E-state index is 0.410. The normalized spacial score (nSPS) is 14.4. The van der Waals surface area contributed by atoms with Crippen LogP contribution in [0, 0.1) is 17.9 Å². The van der Waals surface area contributed by atoms with Crippen molar-refractivity contribution in [1.29, 1.82) is 5.26 Å². The first kappa shape index (κ1) is 19.4. The number of fused-ring (bicyclic) bond motifs is 1. The van der Waals surface area contributed by atoms with Crippen LogP contribution in [0.3, 0.4) is 0 Å². The summed E-state index contributed by atoms with van der Waals surface area (Å²) in [7, 11) is 0. The summed E-state index contributed by atoms with van der Waals surface area (Å²) in [4.78, 5) is 5.38.